The van der Waals surface area contributed by atoms with Gasteiger partial charge in [-0.3, -0.25) is 0 Å². The minimum Gasteiger partial charge on any atom is -1.00 e. The summed E-state index contributed by atoms with van der Waals surface area (Å²) in [5.74, 6) is 0. The molecule has 50 valence electrons. The Hall–Kier alpha value is 1.78. The molecule has 0 aliphatic rings. The van der Waals surface area contributed by atoms with E-state index in [2.05, 4.69) is 0 Å². The van der Waals surface area contributed by atoms with Gasteiger partial charge in [0, 0.05) is 20.4 Å². The van der Waals surface area contributed by atoms with E-state index in [1.165, 1.54) is 0 Å². The van der Waals surface area contributed by atoms with Crippen LogP contribution in [-0.4, -0.2) is 0 Å². The molecule has 0 radical (unpaired) electrons. The molecule has 0 rings (SSSR count). The van der Waals surface area contributed by atoms with E-state index in [1.54, 1.807) is 0 Å². The van der Waals surface area contributed by atoms with E-state index in [1.807, 2.05) is 0 Å². The molecule has 1 nitrogen and oxygen atoms in total. The molecule has 0 spiro atoms. The molecule has 0 saturated carbocycles. The molecule has 0 aliphatic carbocycles. The monoisotopic (exact) mass is 264 g/mol. The maximum Gasteiger partial charge on any atom is 0 e. The van der Waals surface area contributed by atoms with Crippen molar-refractivity contribution in [2.45, 2.75) is 0 Å². The molecule has 0 amide bonds. The summed E-state index contributed by atoms with van der Waals surface area (Å²) in [6.45, 7) is 0. The Kier molecular flexibility index (Phi) is 1340. The minimum absolute atomic E-state index is 0. The Bertz CT molecular complexity index is 7.51. The van der Waals surface area contributed by atoms with E-state index in [0.29, 0.717) is 0 Å². The average Bonchev–Trinajstić information content (AvgIpc) is 0. The summed E-state index contributed by atoms with van der Waals surface area (Å²) < 4.78 is 0. The number of rotatable bonds is 0. The van der Waals surface area contributed by atoms with Gasteiger partial charge in [-0.15, -0.1) is 0 Å². The van der Waals surface area contributed by atoms with Crippen LogP contribution in [0.25, 0.3) is 0 Å². The molecule has 0 aliphatic heterocycles. The second kappa shape index (κ2) is 71.4. The van der Waals surface area contributed by atoms with Crippen LogP contribution in [0.3, 0.4) is 0 Å². The van der Waals surface area contributed by atoms with Crippen molar-refractivity contribution in [3.05, 3.63) is 0 Å². The van der Waals surface area contributed by atoms with Crippen molar-refractivity contribution in [2.24, 2.45) is 0 Å². The van der Waals surface area contributed by atoms with Gasteiger partial charge in [-0.1, -0.05) is 0 Å². The molecule has 0 atom stereocenters. The Morgan fingerprint density at radius 2 is 0.500 bits per heavy atom. The van der Waals surface area contributed by atoms with E-state index in [-0.39, 0.29) is 76.2 Å². The standard InChI is InChI=1S/4ClH.H3N.Pd/h4*1H;1H3;/p-3. The first-order valence-corrected chi connectivity index (χ1v) is 0. The fraction of sp³-hybridized carbons (Fsp3) is 0. The quantitative estimate of drug-likeness (QED) is 0.423. The minimum atomic E-state index is 0. The molecule has 6 heteroatoms. The number of hydrogen-bond acceptors (Lipinski definition) is 0. The van der Waals surface area contributed by atoms with Gasteiger partial charge in [0.05, 0.1) is 0 Å². The molecule has 4 N–H and O–H groups in total. The molecule has 0 aromatic heterocycles. The summed E-state index contributed by atoms with van der Waals surface area (Å²) in [4.78, 5) is 0. The fourth-order valence-corrected chi connectivity index (χ4v) is 0. The first-order valence-electron chi connectivity index (χ1n) is 0. The summed E-state index contributed by atoms with van der Waals surface area (Å²) in [7, 11) is 0. The van der Waals surface area contributed by atoms with Crippen molar-refractivity contribution in [3.8, 4) is 0 Å². The maximum atomic E-state index is 0. The second-order valence-electron chi connectivity index (χ2n) is 0. The molecule has 0 aromatic carbocycles. The molecule has 0 bridgehead atoms. The van der Waals surface area contributed by atoms with Gasteiger partial charge < -0.3 is 55.8 Å². The fourth-order valence-electron chi connectivity index (χ4n) is 0. The van der Waals surface area contributed by atoms with E-state index < -0.39 is 0 Å². The largest absolute Gasteiger partial charge is 1.00 e. The van der Waals surface area contributed by atoms with Crippen molar-refractivity contribution in [2.75, 3.05) is 0 Å². The summed E-state index contributed by atoms with van der Waals surface area (Å²) in [5.41, 5.74) is 0. The van der Waals surface area contributed by atoms with Crippen molar-refractivity contribution in [1.82, 2.24) is 6.15 Å². The zero-order chi connectivity index (χ0) is 0. The van der Waals surface area contributed by atoms with Crippen molar-refractivity contribution >= 4 is 0 Å². The average molecular weight is 266 g/mol. The third kappa shape index (κ3) is 41.6. The van der Waals surface area contributed by atoms with Gasteiger partial charge in [0.2, 0.25) is 0 Å². The van der Waals surface area contributed by atoms with Crippen molar-refractivity contribution < 1.29 is 70.1 Å². The molecular formula is H4Cl4NPd-3. The maximum absolute atomic E-state index is 0. The number of quaternary nitrogens is 1. The summed E-state index contributed by atoms with van der Waals surface area (Å²) in [6.07, 6.45) is 0. The molecule has 0 unspecified atom stereocenters. The molecule has 0 heterocycles. The van der Waals surface area contributed by atoms with Crippen LogP contribution in [0.5, 0.6) is 0 Å². The topological polar surface area (TPSA) is 36.5 Å². The molecule has 0 fully saturated rings. The Morgan fingerprint density at radius 1 is 0.500 bits per heavy atom. The van der Waals surface area contributed by atoms with Crippen LogP contribution < -0.4 is 55.8 Å². The second-order valence-corrected chi connectivity index (χ2v) is 0. The van der Waals surface area contributed by atoms with Crippen LogP contribution in [0, 0.1) is 0 Å². The Morgan fingerprint density at radius 3 is 0.500 bits per heavy atom. The number of hydrogen-bond donors (Lipinski definition) is 1. The first-order chi connectivity index (χ1) is 0. The van der Waals surface area contributed by atoms with E-state index in [0.717, 1.165) is 0 Å². The molecule has 6 heavy (non-hydrogen) atoms. The van der Waals surface area contributed by atoms with E-state index in [9.17, 15) is 0 Å². The van der Waals surface area contributed by atoms with Gasteiger partial charge in [0.15, 0.2) is 0 Å². The number of halogens is 4. The van der Waals surface area contributed by atoms with Crippen molar-refractivity contribution in [3.63, 3.8) is 0 Å². The zero-order valence-electron chi connectivity index (χ0n) is 2.83. The molecule has 0 saturated heterocycles. The van der Waals surface area contributed by atoms with E-state index >= 15 is 0 Å². The van der Waals surface area contributed by atoms with Crippen LogP contribution in [0.15, 0.2) is 0 Å². The van der Waals surface area contributed by atoms with Gasteiger partial charge in [0.25, 0.3) is 0 Å². The van der Waals surface area contributed by atoms with Gasteiger partial charge in [0.1, 0.15) is 0 Å². The van der Waals surface area contributed by atoms with E-state index in [4.69, 9.17) is 0 Å². The third-order valence-corrected chi connectivity index (χ3v) is 0. The Labute approximate surface area is 75.9 Å². The van der Waals surface area contributed by atoms with Crippen LogP contribution in [0.1, 0.15) is 0 Å². The first kappa shape index (κ1) is 113. The van der Waals surface area contributed by atoms with Crippen LogP contribution in [0.4, 0.5) is 0 Å². The molecule has 0 aromatic rings. The Balaban J connectivity index is 0. The van der Waals surface area contributed by atoms with Crippen molar-refractivity contribution in [1.29, 1.82) is 0 Å². The van der Waals surface area contributed by atoms with Gasteiger partial charge in [-0.05, 0) is 0 Å². The zero-order valence-corrected chi connectivity index (χ0v) is 7.41. The summed E-state index contributed by atoms with van der Waals surface area (Å²) in [6, 6.07) is 0. The van der Waals surface area contributed by atoms with Crippen LogP contribution in [-0.2, 0) is 20.4 Å². The van der Waals surface area contributed by atoms with Gasteiger partial charge in [-0.2, -0.15) is 0 Å². The summed E-state index contributed by atoms with van der Waals surface area (Å²) in [5, 5.41) is 0. The van der Waals surface area contributed by atoms with Crippen LogP contribution in [0.2, 0.25) is 0 Å². The SMILES string of the molecule is [Cl-].[Cl-].[Cl-].[Cl-].[NH4+].[Pd]. The predicted octanol–water partition coefficient (Wildman–Crippen LogP) is -11.6. The third-order valence-electron chi connectivity index (χ3n) is 0. The van der Waals surface area contributed by atoms with Crippen LogP contribution >= 0.6 is 0 Å². The molecular weight excluding hydrogens is 262 g/mol. The van der Waals surface area contributed by atoms with Gasteiger partial charge >= 0.3 is 0 Å². The summed E-state index contributed by atoms with van der Waals surface area (Å²) >= 11 is 0. The van der Waals surface area contributed by atoms with Gasteiger partial charge in [-0.25, -0.2) is 0 Å². The smallest absolute Gasteiger partial charge is 0 e. The predicted molar refractivity (Wildman–Crippen MR) is 5.98 cm³/mol. The normalized spacial score (nSPS) is 0.